The average molecular weight is 2010 g/mol. The monoisotopic (exact) mass is 2010 g/mol. The lowest BCUT2D eigenvalue weighted by Crippen LogP contribution is -2.33. The van der Waals surface area contributed by atoms with Gasteiger partial charge in [0, 0.05) is 70.0 Å². The number of carboxylic acid groups (broad SMARTS) is 3. The van der Waals surface area contributed by atoms with Crippen molar-refractivity contribution in [3.63, 3.8) is 0 Å². The minimum Gasteiger partial charge on any atom is -0.497 e. The van der Waals surface area contributed by atoms with Crippen LogP contribution in [0.25, 0.3) is 41.3 Å². The molecule has 5 N–H and O–H groups in total. The zero-order valence-corrected chi connectivity index (χ0v) is 80.9. The molecular formula is C97H83ClFN7O18S10. The number of carbonyl (C=O) groups is 10. The number of thioether (sulfide) groups is 5. The van der Waals surface area contributed by atoms with E-state index in [1.165, 1.54) is 40.1 Å². The molecule has 6 amide bonds. The third-order valence-electron chi connectivity index (χ3n) is 19.6. The lowest BCUT2D eigenvalue weighted by Gasteiger charge is -2.12. The fourth-order valence-electron chi connectivity index (χ4n) is 12.7. The molecule has 5 fully saturated rings. The quantitative estimate of drug-likeness (QED) is 0.0185. The van der Waals surface area contributed by atoms with Crippen LogP contribution in [0.2, 0.25) is 5.02 Å². The minimum atomic E-state index is -1.12. The molecule has 1 aromatic heterocycles. The number of benzene rings is 9. The van der Waals surface area contributed by atoms with Crippen molar-refractivity contribution >= 4 is 254 Å². The SMILES string of the molecule is COCCN1C(=O)/C(=C\c2ccc(OCc3ccc(C(C)=O)cc3)cc2)SC1=S.COc1ccc(/C=C2/SC(=S)N(CCC(N)=O)C2=O)cc1.Cc1ccc(COc2ccc(/C=C3\SC(=S)N(CC(=O)O)C3=O)cc2)cc1.Cc1ccc(OCc2ccccc2Cl)c(/C=C2\SC(=S)N(CC(=O)O)C2=O)c1.O=C(O)CN1C(=O)/C(=C\c2cn(Cc3ccccc3F)c3ccccc23)SC1=S. The number of halogens is 2. The van der Waals surface area contributed by atoms with E-state index in [-0.39, 0.29) is 61.9 Å². The molecule has 6 heterocycles. The van der Waals surface area contributed by atoms with Gasteiger partial charge in [-0.3, -0.25) is 72.4 Å². The van der Waals surface area contributed by atoms with Gasteiger partial charge in [0.15, 0.2) is 5.78 Å². The number of amides is 6. The number of nitrogens with two attached hydrogens (primary N) is 1. The van der Waals surface area contributed by atoms with Crippen LogP contribution < -0.4 is 24.7 Å². The van der Waals surface area contributed by atoms with Gasteiger partial charge in [-0.05, 0) is 146 Å². The summed E-state index contributed by atoms with van der Waals surface area (Å²) in [5, 5.41) is 28.3. The van der Waals surface area contributed by atoms with E-state index in [4.69, 9.17) is 117 Å². The number of para-hydroxylation sites is 1. The summed E-state index contributed by atoms with van der Waals surface area (Å²) in [5.41, 5.74) is 16.5. The Balaban J connectivity index is 0.000000162. The van der Waals surface area contributed by atoms with E-state index < -0.39 is 55.3 Å². The molecule has 0 radical (unpaired) electrons. The maximum absolute atomic E-state index is 14.1. The maximum atomic E-state index is 14.1. The summed E-state index contributed by atoms with van der Waals surface area (Å²) in [7, 11) is 3.19. The Hall–Kier alpha value is -12.3. The highest BCUT2D eigenvalue weighted by atomic mass is 35.5. The van der Waals surface area contributed by atoms with Gasteiger partial charge in [0.05, 0.1) is 51.3 Å². The number of rotatable bonds is 30. The van der Waals surface area contributed by atoms with Crippen molar-refractivity contribution in [2.75, 3.05) is 53.6 Å². The number of aromatic nitrogens is 1. The van der Waals surface area contributed by atoms with Crippen molar-refractivity contribution in [2.45, 2.75) is 53.6 Å². The molecule has 5 saturated heterocycles. The van der Waals surface area contributed by atoms with Gasteiger partial charge in [0.2, 0.25) is 5.91 Å². The highest BCUT2D eigenvalue weighted by Crippen LogP contribution is 2.40. The molecule has 10 aromatic rings. The molecule has 9 aromatic carbocycles. The molecular weight excluding hydrogens is 1930 g/mol. The summed E-state index contributed by atoms with van der Waals surface area (Å²) >= 11 is 37.8. The first-order valence-corrected chi connectivity index (χ1v) is 46.9. The molecule has 5 aliphatic heterocycles. The molecule has 0 unspecified atom stereocenters. The van der Waals surface area contributed by atoms with Gasteiger partial charge in [-0.25, -0.2) is 4.39 Å². The summed E-state index contributed by atoms with van der Waals surface area (Å²) in [6, 6.07) is 65.0. The smallest absolute Gasteiger partial charge is 0.323 e. The largest absolute Gasteiger partial charge is 0.497 e. The molecule has 0 saturated carbocycles. The summed E-state index contributed by atoms with van der Waals surface area (Å²) in [6.07, 6.45) is 10.6. The van der Waals surface area contributed by atoms with E-state index in [1.54, 1.807) is 86.7 Å². The van der Waals surface area contributed by atoms with Crippen LogP contribution in [0, 0.1) is 19.7 Å². The highest BCUT2D eigenvalue weighted by Gasteiger charge is 2.38. The van der Waals surface area contributed by atoms with Gasteiger partial charge in [-0.1, -0.05) is 288 Å². The first-order chi connectivity index (χ1) is 64.2. The molecule has 0 atom stereocenters. The summed E-state index contributed by atoms with van der Waals surface area (Å²) in [5.74, 6) is -2.73. The van der Waals surface area contributed by atoms with Crippen molar-refractivity contribution in [2.24, 2.45) is 5.73 Å². The Morgan fingerprint density at radius 2 is 0.851 bits per heavy atom. The number of aliphatic carboxylic acids is 3. The van der Waals surface area contributed by atoms with Crippen molar-refractivity contribution in [3.8, 4) is 23.0 Å². The first-order valence-electron chi connectivity index (χ1n) is 40.4. The van der Waals surface area contributed by atoms with Gasteiger partial charge >= 0.3 is 17.9 Å². The molecule has 25 nitrogen and oxygen atoms in total. The number of hydrogen-bond donors (Lipinski definition) is 4. The molecule has 0 spiro atoms. The zero-order chi connectivity index (χ0) is 96.4. The number of hydrogen-bond acceptors (Lipinski definition) is 25. The number of carbonyl (C=O) groups excluding carboxylic acids is 7. The Bertz CT molecular complexity index is 6390. The number of primary amides is 1. The fourth-order valence-corrected chi connectivity index (χ4v) is 19.3. The molecule has 688 valence electrons. The van der Waals surface area contributed by atoms with Crippen molar-refractivity contribution in [1.82, 2.24) is 29.1 Å². The van der Waals surface area contributed by atoms with Gasteiger partial charge in [-0.15, -0.1) is 0 Å². The third kappa shape index (κ3) is 28.9. The normalized spacial score (nSPS) is 15.6. The Labute approximate surface area is 823 Å². The van der Waals surface area contributed by atoms with Crippen LogP contribution in [0.15, 0.2) is 243 Å². The maximum Gasteiger partial charge on any atom is 0.323 e. The number of methoxy groups -OCH3 is 2. The number of Topliss-reactive ketones (excluding diaryl/α,β-unsaturated/α-hetero) is 1. The van der Waals surface area contributed by atoms with Crippen molar-refractivity contribution < 1.29 is 91.3 Å². The number of carboxylic acids is 3. The number of ether oxygens (including phenoxy) is 5. The van der Waals surface area contributed by atoms with Crippen molar-refractivity contribution in [1.29, 1.82) is 0 Å². The van der Waals surface area contributed by atoms with Crippen LogP contribution in [-0.4, -0.2) is 179 Å². The van der Waals surface area contributed by atoms with Gasteiger partial charge in [0.1, 0.15) is 89.9 Å². The molecule has 5 aliphatic rings. The van der Waals surface area contributed by atoms with Crippen molar-refractivity contribution in [3.05, 3.63) is 321 Å². The van der Waals surface area contributed by atoms with E-state index in [1.807, 2.05) is 201 Å². The number of thiocarbonyl (C=S) groups is 5. The van der Waals surface area contributed by atoms with Crippen LogP contribution >= 0.6 is 131 Å². The predicted molar refractivity (Wildman–Crippen MR) is 545 cm³/mol. The van der Waals surface area contributed by atoms with E-state index in [2.05, 4.69) is 0 Å². The van der Waals surface area contributed by atoms with Crippen LogP contribution in [-0.2, 0) is 74.3 Å². The highest BCUT2D eigenvalue weighted by molar-refractivity contribution is 8.28. The standard InChI is InChI=1S/C22H21NO4S2.C21H15FN2O3S2.C20H16ClNO4S2.C20H17NO4S2.C14H14N2O3S2/c1-15(24)18-7-3-17(4-8-18)14-27-19-9-5-16(6-10-19)13-20-21(25)23(11-12-26-2)22(28)29-20;22-16-7-3-1-5-13(16)10-23-11-14(15-6-2-4-8-17(15)23)9-18-20(27)24(12-19(25)26)21(28)29-18;1-12-6-7-16(26-11-13-4-2-3-5-15(13)21)14(8-12)9-17-19(25)22(10-18(23)24)20(27)28-17;1-13-2-4-15(5-3-13)12-25-16-8-6-14(7-9-16)10-17-19(24)21(11-18(22)23)20(26)27-17;1-19-10-4-2-9(3-5-10)8-11-13(18)16(14(20)21-11)7-6-12(15)17/h3-10,13H,11-12,14H2,1-2H3;1-9,11H,10,12H2,(H,25,26);2-9H,10-11H2,1H3,(H,23,24);2-10H,11-12H2,1H3,(H,22,23);2-5,8H,6-7H2,1H3,(H2,15,17)/b20-13+;18-9+;17-9-;17-10-;11-8+. The molecule has 37 heteroatoms. The van der Waals surface area contributed by atoms with E-state index in [9.17, 15) is 52.3 Å². The van der Waals surface area contributed by atoms with E-state index in [0.717, 1.165) is 123 Å². The Morgan fingerprint density at radius 1 is 0.448 bits per heavy atom. The minimum absolute atomic E-state index is 0.0451. The Kier molecular flexibility index (Phi) is 37.4. The van der Waals surface area contributed by atoms with E-state index in [0.29, 0.717) is 93.5 Å². The molecule has 0 aliphatic carbocycles. The predicted octanol–water partition coefficient (Wildman–Crippen LogP) is 18.6. The third-order valence-corrected chi connectivity index (χ3v) is 26.9. The molecule has 0 bridgehead atoms. The van der Waals surface area contributed by atoms with Gasteiger partial charge in [-0.2, -0.15) is 0 Å². The van der Waals surface area contributed by atoms with Gasteiger partial charge in [0.25, 0.3) is 29.5 Å². The topological polar surface area (TPSA) is 325 Å². The molecule has 134 heavy (non-hydrogen) atoms. The average Bonchev–Trinajstić information content (AvgIpc) is 1.67. The van der Waals surface area contributed by atoms with Crippen LogP contribution in [0.4, 0.5) is 4.39 Å². The second kappa shape index (κ2) is 49.1. The lowest BCUT2D eigenvalue weighted by molar-refractivity contribution is -0.140. The summed E-state index contributed by atoms with van der Waals surface area (Å²) in [6.45, 7) is 6.83. The first kappa shape index (κ1) is 102. The fraction of sp³-hybridized carbons (Fsp3) is 0.165. The van der Waals surface area contributed by atoms with E-state index >= 15 is 0 Å². The zero-order valence-electron chi connectivity index (χ0n) is 72.0. The summed E-state index contributed by atoms with van der Waals surface area (Å²) in [4.78, 5) is 125. The van der Waals surface area contributed by atoms with Gasteiger partial charge < -0.3 is 49.3 Å². The number of nitrogens with zero attached hydrogens (tertiary/aromatic N) is 6. The van der Waals surface area contributed by atoms with Crippen LogP contribution in [0.5, 0.6) is 23.0 Å². The van der Waals surface area contributed by atoms with Crippen LogP contribution in [0.1, 0.15) is 84.9 Å². The number of ketones is 1. The number of fused-ring (bicyclic) bond motifs is 1. The molecule has 15 rings (SSSR count). The number of aryl methyl sites for hydroxylation is 2. The lowest BCUT2D eigenvalue weighted by atomic mass is 10.1. The van der Waals surface area contributed by atoms with Crippen LogP contribution in [0.3, 0.4) is 0 Å². The summed E-state index contributed by atoms with van der Waals surface area (Å²) < 4.78 is 45.3. The second-order valence-electron chi connectivity index (χ2n) is 29.3. The Morgan fingerprint density at radius 3 is 1.30 bits per heavy atom. The second-order valence-corrected chi connectivity index (χ2v) is 38.1.